The molecule has 0 aromatic heterocycles. The van der Waals surface area contributed by atoms with E-state index in [1.54, 1.807) is 31.2 Å². The molecule has 0 aliphatic heterocycles. The van der Waals surface area contributed by atoms with Crippen molar-refractivity contribution in [1.29, 1.82) is 0 Å². The number of hydrogen-bond donors (Lipinski definition) is 2. The SMILES string of the molecule is COc1cc(OC)cc(C(=O)N/N=C(\C)CC(=O)Nc2cc(C)ccc2OC)c1. The first-order valence-electron chi connectivity index (χ1n) is 8.87. The zero-order chi connectivity index (χ0) is 21.4. The average molecular weight is 399 g/mol. The van der Waals surface area contributed by atoms with Crippen LogP contribution < -0.4 is 25.0 Å². The van der Waals surface area contributed by atoms with Crippen LogP contribution in [-0.4, -0.2) is 38.9 Å². The molecule has 0 saturated carbocycles. The molecule has 2 amide bonds. The number of benzene rings is 2. The summed E-state index contributed by atoms with van der Waals surface area (Å²) in [7, 11) is 4.54. The van der Waals surface area contributed by atoms with Crippen molar-refractivity contribution >= 4 is 23.2 Å². The molecule has 0 spiro atoms. The van der Waals surface area contributed by atoms with Gasteiger partial charge in [0.05, 0.1) is 33.4 Å². The van der Waals surface area contributed by atoms with Gasteiger partial charge in [0.15, 0.2) is 0 Å². The van der Waals surface area contributed by atoms with Gasteiger partial charge in [0, 0.05) is 17.3 Å². The van der Waals surface area contributed by atoms with Gasteiger partial charge in [0.25, 0.3) is 5.91 Å². The number of nitrogens with zero attached hydrogens (tertiary/aromatic N) is 1. The molecule has 0 aliphatic carbocycles. The third kappa shape index (κ3) is 6.24. The number of hydrazone groups is 1. The topological polar surface area (TPSA) is 98.3 Å². The highest BCUT2D eigenvalue weighted by Gasteiger charge is 2.11. The number of rotatable bonds is 8. The van der Waals surface area contributed by atoms with E-state index in [0.717, 1.165) is 5.56 Å². The number of amides is 2. The first-order valence-corrected chi connectivity index (χ1v) is 8.87. The van der Waals surface area contributed by atoms with Crippen molar-refractivity contribution in [1.82, 2.24) is 5.43 Å². The normalized spacial score (nSPS) is 10.9. The van der Waals surface area contributed by atoms with Crippen molar-refractivity contribution in [2.45, 2.75) is 20.3 Å². The van der Waals surface area contributed by atoms with Crippen molar-refractivity contribution in [3.05, 3.63) is 47.5 Å². The molecule has 29 heavy (non-hydrogen) atoms. The molecular weight excluding hydrogens is 374 g/mol. The van der Waals surface area contributed by atoms with Crippen LogP contribution in [0.5, 0.6) is 17.2 Å². The molecule has 2 aromatic carbocycles. The first kappa shape index (κ1) is 21.7. The van der Waals surface area contributed by atoms with Crippen LogP contribution in [0, 0.1) is 6.92 Å². The third-order valence-electron chi connectivity index (χ3n) is 4.01. The summed E-state index contributed by atoms with van der Waals surface area (Å²) in [5.41, 5.74) is 4.78. The molecule has 0 aliphatic rings. The summed E-state index contributed by atoms with van der Waals surface area (Å²) >= 11 is 0. The smallest absolute Gasteiger partial charge is 0.271 e. The van der Waals surface area contributed by atoms with Gasteiger partial charge in [0.1, 0.15) is 17.2 Å². The number of carbonyl (C=O) groups excluding carboxylic acids is 2. The molecule has 0 fully saturated rings. The van der Waals surface area contributed by atoms with Crippen molar-refractivity contribution < 1.29 is 23.8 Å². The Bertz CT molecular complexity index is 902. The zero-order valence-corrected chi connectivity index (χ0v) is 17.2. The fourth-order valence-electron chi connectivity index (χ4n) is 2.54. The van der Waals surface area contributed by atoms with Crippen molar-refractivity contribution in [2.24, 2.45) is 5.10 Å². The first-order chi connectivity index (χ1) is 13.9. The summed E-state index contributed by atoms with van der Waals surface area (Å²) in [6.07, 6.45) is 0.0127. The Morgan fingerprint density at radius 1 is 0.966 bits per heavy atom. The predicted octanol–water partition coefficient (Wildman–Crippen LogP) is 3.16. The fourth-order valence-corrected chi connectivity index (χ4v) is 2.54. The van der Waals surface area contributed by atoms with Gasteiger partial charge in [-0.1, -0.05) is 6.07 Å². The molecule has 0 saturated heterocycles. The van der Waals surface area contributed by atoms with Crippen LogP contribution in [0.25, 0.3) is 0 Å². The largest absolute Gasteiger partial charge is 0.497 e. The third-order valence-corrected chi connectivity index (χ3v) is 4.01. The Balaban J connectivity index is 2.00. The highest BCUT2D eigenvalue weighted by Crippen LogP contribution is 2.25. The number of carbonyl (C=O) groups is 2. The van der Waals surface area contributed by atoms with Crippen LogP contribution >= 0.6 is 0 Å². The molecule has 0 atom stereocenters. The quantitative estimate of drug-likeness (QED) is 0.525. The molecule has 8 nitrogen and oxygen atoms in total. The average Bonchev–Trinajstić information content (AvgIpc) is 2.71. The van der Waals surface area contributed by atoms with Gasteiger partial charge in [0.2, 0.25) is 5.91 Å². The lowest BCUT2D eigenvalue weighted by molar-refractivity contribution is -0.115. The van der Waals surface area contributed by atoms with Gasteiger partial charge in [-0.05, 0) is 43.7 Å². The molecular formula is C21H25N3O5. The minimum Gasteiger partial charge on any atom is -0.497 e. The number of ether oxygens (including phenoxy) is 3. The second-order valence-corrected chi connectivity index (χ2v) is 6.32. The highest BCUT2D eigenvalue weighted by molar-refractivity contribution is 6.06. The summed E-state index contributed by atoms with van der Waals surface area (Å²) < 4.78 is 15.6. The van der Waals surface area contributed by atoms with E-state index >= 15 is 0 Å². The zero-order valence-electron chi connectivity index (χ0n) is 17.2. The highest BCUT2D eigenvalue weighted by atomic mass is 16.5. The molecule has 2 rings (SSSR count). The van der Waals surface area contributed by atoms with E-state index in [9.17, 15) is 9.59 Å². The van der Waals surface area contributed by atoms with E-state index in [1.807, 2.05) is 19.1 Å². The number of nitrogens with one attached hydrogen (secondary N) is 2. The standard InChI is InChI=1S/C21H25N3O5/c1-13-6-7-19(29-5)18(8-13)22-20(25)9-14(2)23-24-21(26)15-10-16(27-3)12-17(11-15)28-4/h6-8,10-12H,9H2,1-5H3,(H,22,25)(H,24,26)/b23-14+. The lowest BCUT2D eigenvalue weighted by Gasteiger charge is -2.11. The molecule has 0 heterocycles. The summed E-state index contributed by atoms with van der Waals surface area (Å²) in [5, 5.41) is 6.79. The van der Waals surface area contributed by atoms with E-state index in [1.165, 1.54) is 21.3 Å². The van der Waals surface area contributed by atoms with E-state index in [4.69, 9.17) is 14.2 Å². The molecule has 8 heteroatoms. The Morgan fingerprint density at radius 2 is 1.62 bits per heavy atom. The molecule has 0 radical (unpaired) electrons. The van der Waals surface area contributed by atoms with Crippen LogP contribution in [0.1, 0.15) is 29.3 Å². The van der Waals surface area contributed by atoms with Gasteiger partial charge in [-0.15, -0.1) is 0 Å². The van der Waals surface area contributed by atoms with Crippen molar-refractivity contribution in [3.8, 4) is 17.2 Å². The molecule has 0 unspecified atom stereocenters. The number of aryl methyl sites for hydroxylation is 1. The van der Waals surface area contributed by atoms with Gasteiger partial charge < -0.3 is 19.5 Å². The van der Waals surface area contributed by atoms with Crippen molar-refractivity contribution in [2.75, 3.05) is 26.6 Å². The molecule has 2 N–H and O–H groups in total. The maximum atomic E-state index is 12.3. The van der Waals surface area contributed by atoms with Crippen LogP contribution in [0.4, 0.5) is 5.69 Å². The summed E-state index contributed by atoms with van der Waals surface area (Å²) in [6, 6.07) is 10.3. The van der Waals surface area contributed by atoms with Crippen LogP contribution in [0.2, 0.25) is 0 Å². The summed E-state index contributed by atoms with van der Waals surface area (Å²) in [5.74, 6) is 0.830. The Kier molecular flexibility index (Phi) is 7.59. The van der Waals surface area contributed by atoms with E-state index in [-0.39, 0.29) is 12.3 Å². The Morgan fingerprint density at radius 3 is 2.21 bits per heavy atom. The Labute approximate surface area is 169 Å². The minimum atomic E-state index is -0.442. The molecule has 154 valence electrons. The van der Waals surface area contributed by atoms with Gasteiger partial charge in [-0.3, -0.25) is 9.59 Å². The summed E-state index contributed by atoms with van der Waals surface area (Å²) in [4.78, 5) is 24.6. The maximum absolute atomic E-state index is 12.3. The monoisotopic (exact) mass is 399 g/mol. The van der Waals surface area contributed by atoms with E-state index in [2.05, 4.69) is 15.8 Å². The predicted molar refractivity (Wildman–Crippen MR) is 111 cm³/mol. The van der Waals surface area contributed by atoms with Crippen molar-refractivity contribution in [3.63, 3.8) is 0 Å². The number of methoxy groups -OCH3 is 3. The van der Waals surface area contributed by atoms with Crippen LogP contribution in [0.3, 0.4) is 0 Å². The van der Waals surface area contributed by atoms with Gasteiger partial charge in [-0.25, -0.2) is 5.43 Å². The van der Waals surface area contributed by atoms with E-state index < -0.39 is 5.91 Å². The van der Waals surface area contributed by atoms with Gasteiger partial charge >= 0.3 is 0 Å². The second kappa shape index (κ2) is 10.1. The van der Waals surface area contributed by atoms with Crippen LogP contribution in [0.15, 0.2) is 41.5 Å². The molecule has 0 bridgehead atoms. The lowest BCUT2D eigenvalue weighted by atomic mass is 10.2. The second-order valence-electron chi connectivity index (χ2n) is 6.32. The van der Waals surface area contributed by atoms with E-state index in [0.29, 0.717) is 34.2 Å². The molecule has 2 aromatic rings. The maximum Gasteiger partial charge on any atom is 0.271 e. The van der Waals surface area contributed by atoms with Gasteiger partial charge in [-0.2, -0.15) is 5.10 Å². The number of hydrogen-bond acceptors (Lipinski definition) is 6. The fraction of sp³-hybridized carbons (Fsp3) is 0.286. The van der Waals surface area contributed by atoms with Crippen LogP contribution in [-0.2, 0) is 4.79 Å². The summed E-state index contributed by atoms with van der Waals surface area (Å²) in [6.45, 7) is 3.57. The lowest BCUT2D eigenvalue weighted by Crippen LogP contribution is -2.21. The Hall–Kier alpha value is -3.55. The number of anilines is 1. The minimum absolute atomic E-state index is 0.0127.